The summed E-state index contributed by atoms with van der Waals surface area (Å²) in [6.45, 7) is 6.90. The third-order valence-electron chi connectivity index (χ3n) is 6.94. The number of rotatable bonds is 6. The van der Waals surface area contributed by atoms with Gasteiger partial charge in [-0.3, -0.25) is 4.79 Å². The zero-order valence-corrected chi connectivity index (χ0v) is 18.1. The highest BCUT2D eigenvalue weighted by Gasteiger charge is 2.27. The van der Waals surface area contributed by atoms with E-state index in [4.69, 9.17) is 4.98 Å². The van der Waals surface area contributed by atoms with Gasteiger partial charge in [-0.25, -0.2) is 4.98 Å². The second-order valence-corrected chi connectivity index (χ2v) is 8.92. The monoisotopic (exact) mass is 396 g/mol. The molecule has 158 valence electrons. The lowest BCUT2D eigenvalue weighted by Crippen LogP contribution is -2.41. The van der Waals surface area contributed by atoms with Gasteiger partial charge < -0.3 is 14.8 Å². The Labute approximate surface area is 174 Å². The first kappa shape index (κ1) is 20.4. The zero-order chi connectivity index (χ0) is 20.2. The molecule has 2 atom stereocenters. The van der Waals surface area contributed by atoms with E-state index in [2.05, 4.69) is 52.9 Å². The quantitative estimate of drug-likeness (QED) is 0.784. The molecule has 1 saturated heterocycles. The lowest BCUT2D eigenvalue weighted by Gasteiger charge is -2.34. The number of aryl methyl sites for hydroxylation is 1. The minimum atomic E-state index is 0.304. The Morgan fingerprint density at radius 3 is 2.69 bits per heavy atom. The SMILES string of the molecule is CCN(C(=O)CCn1c(C2CCC(C)NC2)nc2ccccc21)C1CCCCC1. The highest BCUT2D eigenvalue weighted by molar-refractivity contribution is 5.78. The number of benzene rings is 1. The predicted octanol–water partition coefficient (Wildman–Crippen LogP) is 4.46. The second kappa shape index (κ2) is 9.29. The van der Waals surface area contributed by atoms with Gasteiger partial charge in [0, 0.05) is 44.1 Å². The molecule has 1 aromatic heterocycles. The van der Waals surface area contributed by atoms with Crippen LogP contribution in [0, 0.1) is 0 Å². The summed E-state index contributed by atoms with van der Waals surface area (Å²) in [5.74, 6) is 1.88. The molecule has 1 amide bonds. The maximum atomic E-state index is 13.1. The van der Waals surface area contributed by atoms with E-state index in [9.17, 15) is 4.79 Å². The molecule has 1 saturated carbocycles. The van der Waals surface area contributed by atoms with Crippen LogP contribution in [0.1, 0.15) is 77.0 Å². The molecule has 1 aliphatic heterocycles. The van der Waals surface area contributed by atoms with Crippen LogP contribution in [0.15, 0.2) is 24.3 Å². The second-order valence-electron chi connectivity index (χ2n) is 8.92. The number of hydrogen-bond acceptors (Lipinski definition) is 3. The van der Waals surface area contributed by atoms with E-state index in [1.165, 1.54) is 38.5 Å². The number of hydrogen-bond donors (Lipinski definition) is 1. The van der Waals surface area contributed by atoms with Gasteiger partial charge in [0.05, 0.1) is 11.0 Å². The van der Waals surface area contributed by atoms with Crippen LogP contribution in [-0.2, 0) is 11.3 Å². The number of nitrogens with zero attached hydrogens (tertiary/aromatic N) is 3. The Morgan fingerprint density at radius 1 is 1.17 bits per heavy atom. The average Bonchev–Trinajstić information content (AvgIpc) is 3.12. The van der Waals surface area contributed by atoms with Gasteiger partial charge in [0.1, 0.15) is 5.82 Å². The van der Waals surface area contributed by atoms with Crippen LogP contribution in [0.2, 0.25) is 0 Å². The van der Waals surface area contributed by atoms with Crippen molar-refractivity contribution in [2.24, 2.45) is 0 Å². The topological polar surface area (TPSA) is 50.2 Å². The summed E-state index contributed by atoms with van der Waals surface area (Å²) in [6, 6.07) is 9.40. The summed E-state index contributed by atoms with van der Waals surface area (Å²) in [6.07, 6.45) is 9.09. The predicted molar refractivity (Wildman–Crippen MR) is 118 cm³/mol. The number of carbonyl (C=O) groups is 1. The fourth-order valence-corrected chi connectivity index (χ4v) is 5.24. The molecule has 1 aromatic carbocycles. The highest BCUT2D eigenvalue weighted by Crippen LogP contribution is 2.29. The van der Waals surface area contributed by atoms with Crippen molar-refractivity contribution in [2.75, 3.05) is 13.1 Å². The summed E-state index contributed by atoms with van der Waals surface area (Å²) < 4.78 is 2.32. The number of nitrogens with one attached hydrogen (secondary N) is 1. The van der Waals surface area contributed by atoms with Gasteiger partial charge in [-0.2, -0.15) is 0 Å². The number of imidazole rings is 1. The number of carbonyl (C=O) groups excluding carboxylic acids is 1. The van der Waals surface area contributed by atoms with Crippen molar-refractivity contribution in [1.29, 1.82) is 0 Å². The molecule has 2 fully saturated rings. The van der Waals surface area contributed by atoms with E-state index in [0.717, 1.165) is 42.9 Å². The molecule has 2 aromatic rings. The molecule has 1 aliphatic carbocycles. The summed E-state index contributed by atoms with van der Waals surface area (Å²) in [4.78, 5) is 20.2. The summed E-state index contributed by atoms with van der Waals surface area (Å²) >= 11 is 0. The number of para-hydroxylation sites is 2. The first-order valence-electron chi connectivity index (χ1n) is 11.7. The van der Waals surface area contributed by atoms with Gasteiger partial charge >= 0.3 is 0 Å². The van der Waals surface area contributed by atoms with E-state index in [1.807, 2.05) is 0 Å². The number of piperidine rings is 1. The fraction of sp³-hybridized carbons (Fsp3) is 0.667. The first-order chi connectivity index (χ1) is 14.2. The third kappa shape index (κ3) is 4.50. The minimum Gasteiger partial charge on any atom is -0.340 e. The van der Waals surface area contributed by atoms with Crippen molar-refractivity contribution in [2.45, 2.75) is 89.8 Å². The molecule has 0 bridgehead atoms. The van der Waals surface area contributed by atoms with Gasteiger partial charge in [-0.15, -0.1) is 0 Å². The molecule has 2 heterocycles. The molecule has 5 heteroatoms. The largest absolute Gasteiger partial charge is 0.340 e. The molecule has 2 aliphatic rings. The molecule has 0 spiro atoms. The molecule has 1 N–H and O–H groups in total. The lowest BCUT2D eigenvalue weighted by molar-refractivity contribution is -0.134. The summed E-state index contributed by atoms with van der Waals surface area (Å²) in [7, 11) is 0. The van der Waals surface area contributed by atoms with Gasteiger partial charge in [-0.1, -0.05) is 31.4 Å². The van der Waals surface area contributed by atoms with E-state index in [-0.39, 0.29) is 0 Å². The Balaban J connectivity index is 1.52. The first-order valence-corrected chi connectivity index (χ1v) is 11.7. The maximum absolute atomic E-state index is 13.1. The van der Waals surface area contributed by atoms with Crippen molar-refractivity contribution < 1.29 is 4.79 Å². The Hall–Kier alpha value is -1.88. The van der Waals surface area contributed by atoms with E-state index in [1.54, 1.807) is 0 Å². The standard InChI is InChI=1S/C24H36N4O/c1-3-27(20-9-5-4-6-10-20)23(29)15-16-28-22-12-8-7-11-21(22)26-24(28)19-14-13-18(2)25-17-19/h7-8,11-12,18-20,25H,3-6,9-10,13-17H2,1-2H3. The van der Waals surface area contributed by atoms with E-state index in [0.29, 0.717) is 30.3 Å². The van der Waals surface area contributed by atoms with Crippen LogP contribution in [0.4, 0.5) is 0 Å². The fourth-order valence-electron chi connectivity index (χ4n) is 5.24. The molecular formula is C24H36N4O. The van der Waals surface area contributed by atoms with Gasteiger partial charge in [0.25, 0.3) is 0 Å². The van der Waals surface area contributed by atoms with Gasteiger partial charge in [0.15, 0.2) is 0 Å². The Morgan fingerprint density at radius 2 is 1.97 bits per heavy atom. The van der Waals surface area contributed by atoms with Crippen LogP contribution < -0.4 is 5.32 Å². The smallest absolute Gasteiger partial charge is 0.224 e. The lowest BCUT2D eigenvalue weighted by atomic mass is 9.94. The third-order valence-corrected chi connectivity index (χ3v) is 6.94. The summed E-state index contributed by atoms with van der Waals surface area (Å²) in [5.41, 5.74) is 2.21. The van der Waals surface area contributed by atoms with Gasteiger partial charge in [-0.05, 0) is 51.7 Å². The van der Waals surface area contributed by atoms with Crippen LogP contribution in [-0.4, -0.2) is 45.5 Å². The minimum absolute atomic E-state index is 0.304. The van der Waals surface area contributed by atoms with Crippen LogP contribution in [0.5, 0.6) is 0 Å². The maximum Gasteiger partial charge on any atom is 0.224 e. The normalized spacial score (nSPS) is 23.4. The average molecular weight is 397 g/mol. The molecule has 5 nitrogen and oxygen atoms in total. The molecule has 4 rings (SSSR count). The van der Waals surface area contributed by atoms with E-state index >= 15 is 0 Å². The molecule has 29 heavy (non-hydrogen) atoms. The van der Waals surface area contributed by atoms with Crippen LogP contribution in [0.3, 0.4) is 0 Å². The Kier molecular flexibility index (Phi) is 6.53. The van der Waals surface area contributed by atoms with Crippen molar-refractivity contribution in [1.82, 2.24) is 19.8 Å². The van der Waals surface area contributed by atoms with Gasteiger partial charge in [0.2, 0.25) is 5.91 Å². The molecule has 0 radical (unpaired) electrons. The zero-order valence-electron chi connectivity index (χ0n) is 18.1. The number of amides is 1. The molecule has 2 unspecified atom stereocenters. The molecular weight excluding hydrogens is 360 g/mol. The van der Waals surface area contributed by atoms with Crippen LogP contribution >= 0.6 is 0 Å². The van der Waals surface area contributed by atoms with Crippen molar-refractivity contribution in [3.63, 3.8) is 0 Å². The highest BCUT2D eigenvalue weighted by atomic mass is 16.2. The van der Waals surface area contributed by atoms with Crippen molar-refractivity contribution >= 4 is 16.9 Å². The van der Waals surface area contributed by atoms with Crippen LogP contribution in [0.25, 0.3) is 11.0 Å². The Bertz CT molecular complexity index is 815. The van der Waals surface area contributed by atoms with Crippen molar-refractivity contribution in [3.05, 3.63) is 30.1 Å². The van der Waals surface area contributed by atoms with Crippen molar-refractivity contribution in [3.8, 4) is 0 Å². The van der Waals surface area contributed by atoms with E-state index < -0.39 is 0 Å². The number of aromatic nitrogens is 2. The summed E-state index contributed by atoms with van der Waals surface area (Å²) in [5, 5.41) is 3.61. The number of fused-ring (bicyclic) bond motifs is 1.